The Bertz CT molecular complexity index is 1060. The minimum atomic E-state index is -0.480. The van der Waals surface area contributed by atoms with E-state index in [4.69, 9.17) is 9.47 Å². The Hall–Kier alpha value is -3.88. The molecule has 0 saturated heterocycles. The van der Waals surface area contributed by atoms with Crippen LogP contribution in [0.3, 0.4) is 0 Å². The summed E-state index contributed by atoms with van der Waals surface area (Å²) in [6.45, 7) is 4.37. The fourth-order valence-corrected chi connectivity index (χ4v) is 3.11. The van der Waals surface area contributed by atoms with Crippen LogP contribution in [0.1, 0.15) is 12.5 Å². The molecule has 156 valence electrons. The number of nitrogens with one attached hydrogen (secondary N) is 1. The number of benzene rings is 2. The first-order valence-corrected chi connectivity index (χ1v) is 9.31. The number of nitrogens with zero attached hydrogens (tertiary/aromatic N) is 4. The molecule has 0 bridgehead atoms. The number of aromatic nitrogens is 2. The van der Waals surface area contributed by atoms with Gasteiger partial charge in [-0.1, -0.05) is 12.1 Å². The van der Waals surface area contributed by atoms with Crippen molar-refractivity contribution >= 4 is 28.7 Å². The van der Waals surface area contributed by atoms with E-state index in [1.165, 1.54) is 13.4 Å². The van der Waals surface area contributed by atoms with Crippen LogP contribution in [0, 0.1) is 17.0 Å². The molecule has 0 saturated carbocycles. The molecule has 2 aromatic carbocycles. The summed E-state index contributed by atoms with van der Waals surface area (Å²) in [5.41, 5.74) is 2.15. The van der Waals surface area contributed by atoms with Crippen LogP contribution in [0.25, 0.3) is 0 Å². The van der Waals surface area contributed by atoms with Crippen molar-refractivity contribution in [2.24, 2.45) is 0 Å². The molecule has 9 heteroatoms. The average molecular weight is 409 g/mol. The summed E-state index contributed by atoms with van der Waals surface area (Å²) in [5, 5.41) is 15.0. The summed E-state index contributed by atoms with van der Waals surface area (Å²) < 4.78 is 10.6. The fraction of sp³-hybridized carbons (Fsp3) is 0.238. The second-order valence-electron chi connectivity index (χ2n) is 6.43. The number of rotatable bonds is 8. The molecule has 9 nitrogen and oxygen atoms in total. The number of ether oxygens (including phenoxy) is 2. The molecular weight excluding hydrogens is 386 g/mol. The predicted octanol–water partition coefficient (Wildman–Crippen LogP) is 4.61. The van der Waals surface area contributed by atoms with Crippen LogP contribution in [0.2, 0.25) is 0 Å². The third-order valence-electron chi connectivity index (χ3n) is 4.53. The molecule has 0 aliphatic heterocycles. The SMILES string of the molecule is CCN(c1cccc(C)c1)c1ncnc(Nc2ccc(OC)cc2OC)c1[N+](=O)[O-]. The van der Waals surface area contributed by atoms with E-state index in [1.807, 2.05) is 38.1 Å². The zero-order valence-electron chi connectivity index (χ0n) is 17.2. The Morgan fingerprint density at radius 3 is 2.57 bits per heavy atom. The fourth-order valence-electron chi connectivity index (χ4n) is 3.11. The molecular formula is C21H23N5O4. The van der Waals surface area contributed by atoms with Gasteiger partial charge in [-0.15, -0.1) is 0 Å². The Morgan fingerprint density at radius 1 is 1.13 bits per heavy atom. The normalized spacial score (nSPS) is 10.4. The lowest BCUT2D eigenvalue weighted by atomic mass is 10.2. The summed E-state index contributed by atoms with van der Waals surface area (Å²) in [6, 6.07) is 12.8. The zero-order valence-corrected chi connectivity index (χ0v) is 17.2. The largest absolute Gasteiger partial charge is 0.497 e. The smallest absolute Gasteiger partial charge is 0.354 e. The highest BCUT2D eigenvalue weighted by Crippen LogP contribution is 2.39. The van der Waals surface area contributed by atoms with Crippen molar-refractivity contribution < 1.29 is 14.4 Å². The number of hydrogen-bond donors (Lipinski definition) is 1. The third-order valence-corrected chi connectivity index (χ3v) is 4.53. The van der Waals surface area contributed by atoms with Gasteiger partial charge in [0.2, 0.25) is 11.6 Å². The summed E-state index contributed by atoms with van der Waals surface area (Å²) in [4.78, 5) is 21.7. The van der Waals surface area contributed by atoms with Crippen LogP contribution in [-0.2, 0) is 0 Å². The summed E-state index contributed by atoms with van der Waals surface area (Å²) in [5.74, 6) is 1.35. The number of methoxy groups -OCH3 is 2. The number of nitro groups is 1. The van der Waals surface area contributed by atoms with Gasteiger partial charge in [-0.3, -0.25) is 10.1 Å². The Labute approximate surface area is 174 Å². The quantitative estimate of drug-likeness (QED) is 0.425. The van der Waals surface area contributed by atoms with Gasteiger partial charge < -0.3 is 19.7 Å². The minimum absolute atomic E-state index is 0.0690. The molecule has 0 radical (unpaired) electrons. The molecule has 0 spiro atoms. The first-order valence-electron chi connectivity index (χ1n) is 9.31. The second kappa shape index (κ2) is 9.08. The Balaban J connectivity index is 2.09. The van der Waals surface area contributed by atoms with Crippen molar-refractivity contribution in [2.45, 2.75) is 13.8 Å². The van der Waals surface area contributed by atoms with E-state index in [1.54, 1.807) is 30.2 Å². The second-order valence-corrected chi connectivity index (χ2v) is 6.43. The number of aryl methyl sites for hydroxylation is 1. The standard InChI is InChI=1S/C21H23N5O4/c1-5-25(15-8-6-7-14(2)11-15)21-19(26(27)28)20(22-13-23-21)24-17-10-9-16(29-3)12-18(17)30-4/h6-13H,5H2,1-4H3,(H,22,23,24). The highest BCUT2D eigenvalue weighted by molar-refractivity contribution is 5.79. The van der Waals surface area contributed by atoms with Crippen LogP contribution < -0.4 is 19.7 Å². The Kier molecular flexibility index (Phi) is 6.31. The topological polar surface area (TPSA) is 103 Å². The van der Waals surface area contributed by atoms with E-state index >= 15 is 0 Å². The molecule has 1 N–H and O–H groups in total. The van der Waals surface area contributed by atoms with E-state index in [0.29, 0.717) is 23.7 Å². The van der Waals surface area contributed by atoms with E-state index in [-0.39, 0.29) is 17.3 Å². The van der Waals surface area contributed by atoms with Gasteiger partial charge >= 0.3 is 5.69 Å². The van der Waals surface area contributed by atoms with Gasteiger partial charge in [0.05, 0.1) is 24.8 Å². The summed E-state index contributed by atoms with van der Waals surface area (Å²) in [7, 11) is 3.06. The van der Waals surface area contributed by atoms with Crippen molar-refractivity contribution in [3.8, 4) is 11.5 Å². The van der Waals surface area contributed by atoms with Gasteiger partial charge in [-0.25, -0.2) is 9.97 Å². The van der Waals surface area contributed by atoms with Crippen LogP contribution >= 0.6 is 0 Å². The number of hydrogen-bond acceptors (Lipinski definition) is 8. The zero-order chi connectivity index (χ0) is 21.7. The van der Waals surface area contributed by atoms with Gasteiger partial charge in [0.25, 0.3) is 0 Å². The molecule has 3 aromatic rings. The van der Waals surface area contributed by atoms with Crippen LogP contribution in [0.4, 0.5) is 28.7 Å². The molecule has 1 aromatic heterocycles. The Morgan fingerprint density at radius 2 is 1.93 bits per heavy atom. The minimum Gasteiger partial charge on any atom is -0.497 e. The van der Waals surface area contributed by atoms with Crippen molar-refractivity contribution in [2.75, 3.05) is 31.0 Å². The molecule has 3 rings (SSSR count). The monoisotopic (exact) mass is 409 g/mol. The molecule has 0 aliphatic carbocycles. The van der Waals surface area contributed by atoms with E-state index < -0.39 is 4.92 Å². The van der Waals surface area contributed by atoms with E-state index in [0.717, 1.165) is 11.3 Å². The number of anilines is 4. The molecule has 0 aliphatic rings. The van der Waals surface area contributed by atoms with Gasteiger partial charge in [-0.2, -0.15) is 0 Å². The maximum Gasteiger partial charge on any atom is 0.354 e. The van der Waals surface area contributed by atoms with Crippen LogP contribution in [0.5, 0.6) is 11.5 Å². The maximum absolute atomic E-state index is 12.0. The molecule has 30 heavy (non-hydrogen) atoms. The maximum atomic E-state index is 12.0. The van der Waals surface area contributed by atoms with Crippen molar-refractivity contribution in [1.29, 1.82) is 0 Å². The first kappa shape index (κ1) is 20.8. The molecule has 0 unspecified atom stereocenters. The van der Waals surface area contributed by atoms with Crippen LogP contribution in [0.15, 0.2) is 48.8 Å². The lowest BCUT2D eigenvalue weighted by molar-refractivity contribution is -0.383. The summed E-state index contributed by atoms with van der Waals surface area (Å²) >= 11 is 0. The van der Waals surface area contributed by atoms with Gasteiger partial charge in [0.1, 0.15) is 17.8 Å². The average Bonchev–Trinajstić information content (AvgIpc) is 2.74. The van der Waals surface area contributed by atoms with Crippen molar-refractivity contribution in [1.82, 2.24) is 9.97 Å². The highest BCUT2D eigenvalue weighted by Gasteiger charge is 2.28. The van der Waals surface area contributed by atoms with Crippen molar-refractivity contribution in [3.63, 3.8) is 0 Å². The molecule has 0 amide bonds. The lowest BCUT2D eigenvalue weighted by Crippen LogP contribution is -2.20. The highest BCUT2D eigenvalue weighted by atomic mass is 16.6. The van der Waals surface area contributed by atoms with E-state index in [9.17, 15) is 10.1 Å². The predicted molar refractivity (Wildman–Crippen MR) is 115 cm³/mol. The summed E-state index contributed by atoms with van der Waals surface area (Å²) in [6.07, 6.45) is 1.30. The lowest BCUT2D eigenvalue weighted by Gasteiger charge is -2.22. The van der Waals surface area contributed by atoms with E-state index in [2.05, 4.69) is 15.3 Å². The first-order chi connectivity index (χ1) is 14.5. The molecule has 0 atom stereocenters. The third kappa shape index (κ3) is 4.24. The van der Waals surface area contributed by atoms with Crippen LogP contribution in [-0.4, -0.2) is 35.7 Å². The van der Waals surface area contributed by atoms with Gasteiger partial charge in [0, 0.05) is 18.3 Å². The van der Waals surface area contributed by atoms with Gasteiger partial charge in [-0.05, 0) is 43.7 Å². The molecule has 0 fully saturated rings. The van der Waals surface area contributed by atoms with Crippen molar-refractivity contribution in [3.05, 3.63) is 64.5 Å². The molecule has 1 heterocycles. The van der Waals surface area contributed by atoms with Gasteiger partial charge in [0.15, 0.2) is 0 Å².